The molecule has 0 aliphatic rings. The maximum Gasteiger partial charge on any atom is 0.160 e. The molecule has 2 aromatic carbocycles. The minimum absolute atomic E-state index is 0.377. The van der Waals surface area contributed by atoms with Gasteiger partial charge in [-0.25, -0.2) is 0 Å². The van der Waals surface area contributed by atoms with Crippen LogP contribution in [0.15, 0.2) is 41.3 Å². The normalized spacial score (nSPS) is 10.9. The second-order valence-electron chi connectivity index (χ2n) is 3.73. The van der Waals surface area contributed by atoms with Crippen molar-refractivity contribution in [3.63, 3.8) is 0 Å². The minimum Gasteiger partial charge on any atom is -0.507 e. The van der Waals surface area contributed by atoms with E-state index in [0.29, 0.717) is 5.75 Å². The molecule has 1 N–H and O–H groups in total. The largest absolute Gasteiger partial charge is 0.507 e. The van der Waals surface area contributed by atoms with Gasteiger partial charge in [0.2, 0.25) is 0 Å². The van der Waals surface area contributed by atoms with Crippen molar-refractivity contribution in [1.29, 1.82) is 0 Å². The zero-order valence-electron chi connectivity index (χ0n) is 9.89. The summed E-state index contributed by atoms with van der Waals surface area (Å²) in [5.41, 5.74) is 0. The van der Waals surface area contributed by atoms with Crippen molar-refractivity contribution in [3.05, 3.63) is 36.4 Å². The number of fused-ring (bicyclic) bond motifs is 1. The van der Waals surface area contributed by atoms with Crippen molar-refractivity contribution in [3.8, 4) is 5.75 Å². The van der Waals surface area contributed by atoms with E-state index in [1.807, 2.05) is 36.0 Å². The predicted octanol–water partition coefficient (Wildman–Crippen LogP) is 3.47. The Balaban J connectivity index is 2.20. The maximum atomic E-state index is 9.80. The fourth-order valence-corrected chi connectivity index (χ4v) is 3.74. The van der Waals surface area contributed by atoms with Crippen LogP contribution >= 0.6 is 11.8 Å². The summed E-state index contributed by atoms with van der Waals surface area (Å²) in [4.78, 5) is 1.31. The molecule has 0 fully saturated rings. The van der Waals surface area contributed by atoms with Crippen molar-refractivity contribution >= 4 is 34.3 Å². The summed E-state index contributed by atoms with van der Waals surface area (Å²) < 4.78 is 0. The fraction of sp³-hybridized carbons (Fsp3) is 0.286. The maximum absolute atomic E-state index is 9.80. The zero-order valence-corrected chi connectivity index (χ0v) is 11.6. The summed E-state index contributed by atoms with van der Waals surface area (Å²) in [5.74, 6) is 3.94. The third kappa shape index (κ3) is 3.11. The molecule has 0 aromatic heterocycles. The van der Waals surface area contributed by atoms with Gasteiger partial charge in [-0.15, -0.1) is 0 Å². The Morgan fingerprint density at radius 1 is 1.12 bits per heavy atom. The van der Waals surface area contributed by atoms with Crippen LogP contribution in [-0.2, 0) is 11.8 Å². The summed E-state index contributed by atoms with van der Waals surface area (Å²) in [5, 5.41) is 11.9. The summed E-state index contributed by atoms with van der Waals surface area (Å²) >= 11 is 3.33. The molecule has 90 valence electrons. The molecule has 0 saturated heterocycles. The van der Waals surface area contributed by atoms with Crippen LogP contribution in [-0.4, -0.2) is 22.4 Å². The number of rotatable bonds is 5. The van der Waals surface area contributed by atoms with Crippen molar-refractivity contribution in [2.45, 2.75) is 11.8 Å². The molecule has 0 aliphatic carbocycles. The molecular weight excluding hydrogens is 248 g/mol. The third-order valence-electron chi connectivity index (χ3n) is 2.60. The quantitative estimate of drug-likeness (QED) is 0.507. The molecule has 0 heterocycles. The Bertz CT molecular complexity index is 497. The first-order valence-electron chi connectivity index (χ1n) is 5.79. The lowest BCUT2D eigenvalue weighted by molar-refractivity contribution is 0.481. The Morgan fingerprint density at radius 2 is 1.88 bits per heavy atom. The van der Waals surface area contributed by atoms with E-state index in [-0.39, 0.29) is 0 Å². The Hall–Kier alpha value is -0.800. The molecule has 3 heteroatoms. The first kappa shape index (κ1) is 12.7. The Morgan fingerprint density at radius 3 is 2.65 bits per heavy atom. The van der Waals surface area contributed by atoms with Gasteiger partial charge in [0, 0.05) is 28.3 Å². The van der Waals surface area contributed by atoms with Gasteiger partial charge in [-0.05, 0) is 24.0 Å². The Kier molecular flexibility index (Phi) is 4.63. The molecule has 0 unspecified atom stereocenters. The van der Waals surface area contributed by atoms with Crippen LogP contribution in [0.25, 0.3) is 10.8 Å². The molecule has 0 atom stereocenters. The van der Waals surface area contributed by atoms with Gasteiger partial charge in [0.25, 0.3) is 0 Å². The number of aromatic hydroxyl groups is 1. The van der Waals surface area contributed by atoms with E-state index in [0.717, 1.165) is 5.39 Å². The lowest BCUT2D eigenvalue weighted by atomic mass is 10.1. The minimum atomic E-state index is 0.377. The standard InChI is InChI=1S/C14H16OS2/c1-2-16-9-10-17-14-8-7-13(15)11-5-3-4-6-12(11)14/h3-8,15H,2,9-10H2,1H3/p+1. The average molecular weight is 265 g/mol. The van der Waals surface area contributed by atoms with Gasteiger partial charge in [-0.3, -0.25) is 0 Å². The summed E-state index contributed by atoms with van der Waals surface area (Å²) in [6.07, 6.45) is 0. The van der Waals surface area contributed by atoms with E-state index in [4.69, 9.17) is 0 Å². The van der Waals surface area contributed by atoms with Gasteiger partial charge in [0.15, 0.2) is 4.90 Å². The predicted molar refractivity (Wildman–Crippen MR) is 80.5 cm³/mol. The second kappa shape index (κ2) is 6.22. The van der Waals surface area contributed by atoms with E-state index in [1.54, 1.807) is 6.07 Å². The molecular formula is C14H17OS2+. The van der Waals surface area contributed by atoms with E-state index >= 15 is 0 Å². The van der Waals surface area contributed by atoms with Gasteiger partial charge in [-0.2, -0.15) is 11.8 Å². The molecule has 17 heavy (non-hydrogen) atoms. The van der Waals surface area contributed by atoms with Crippen LogP contribution in [0.5, 0.6) is 5.75 Å². The number of thiol groups is 1. The highest BCUT2D eigenvalue weighted by Gasteiger charge is 2.10. The lowest BCUT2D eigenvalue weighted by Crippen LogP contribution is -1.95. The van der Waals surface area contributed by atoms with Crippen molar-refractivity contribution in [1.82, 2.24) is 0 Å². The number of hydrogen-bond acceptors (Lipinski definition) is 2. The SMILES string of the molecule is CCSCC[SH+]c1ccc(O)c2ccccc12. The van der Waals surface area contributed by atoms with Gasteiger partial charge in [-0.1, -0.05) is 25.1 Å². The van der Waals surface area contributed by atoms with E-state index in [1.165, 1.54) is 39.3 Å². The number of phenolic OH excluding ortho intramolecular Hbond substituents is 1. The van der Waals surface area contributed by atoms with Crippen molar-refractivity contribution in [2.75, 3.05) is 17.3 Å². The first-order chi connectivity index (χ1) is 8.33. The van der Waals surface area contributed by atoms with Crippen LogP contribution in [0.2, 0.25) is 0 Å². The highest BCUT2D eigenvalue weighted by molar-refractivity contribution is 7.99. The van der Waals surface area contributed by atoms with Gasteiger partial charge < -0.3 is 5.11 Å². The van der Waals surface area contributed by atoms with Crippen LogP contribution < -0.4 is 0 Å². The lowest BCUT2D eigenvalue weighted by Gasteiger charge is -2.02. The summed E-state index contributed by atoms with van der Waals surface area (Å²) in [6, 6.07) is 11.9. The number of hydrogen-bond donors (Lipinski definition) is 1. The molecule has 0 bridgehead atoms. The highest BCUT2D eigenvalue weighted by Crippen LogP contribution is 2.28. The van der Waals surface area contributed by atoms with E-state index in [9.17, 15) is 5.11 Å². The number of thioether (sulfide) groups is 1. The molecule has 0 spiro atoms. The van der Waals surface area contributed by atoms with E-state index in [2.05, 4.69) is 13.0 Å². The average Bonchev–Trinajstić information content (AvgIpc) is 2.37. The topological polar surface area (TPSA) is 20.2 Å². The highest BCUT2D eigenvalue weighted by atomic mass is 32.2. The van der Waals surface area contributed by atoms with Gasteiger partial charge >= 0.3 is 0 Å². The molecule has 0 amide bonds. The monoisotopic (exact) mass is 265 g/mol. The molecule has 2 aromatic rings. The first-order valence-corrected chi connectivity index (χ1v) is 8.02. The number of benzene rings is 2. The molecule has 1 nitrogen and oxygen atoms in total. The van der Waals surface area contributed by atoms with Gasteiger partial charge in [0.1, 0.15) is 11.5 Å². The smallest absolute Gasteiger partial charge is 0.160 e. The fourth-order valence-electron chi connectivity index (χ4n) is 1.78. The second-order valence-corrected chi connectivity index (χ2v) is 6.37. The van der Waals surface area contributed by atoms with Crippen molar-refractivity contribution < 1.29 is 5.11 Å². The van der Waals surface area contributed by atoms with E-state index < -0.39 is 0 Å². The van der Waals surface area contributed by atoms with Crippen LogP contribution in [0.3, 0.4) is 0 Å². The van der Waals surface area contributed by atoms with Crippen LogP contribution in [0.1, 0.15) is 6.92 Å². The molecule has 0 radical (unpaired) electrons. The van der Waals surface area contributed by atoms with Crippen LogP contribution in [0.4, 0.5) is 0 Å². The van der Waals surface area contributed by atoms with Crippen LogP contribution in [0, 0.1) is 0 Å². The summed E-state index contributed by atoms with van der Waals surface area (Å²) in [6.45, 7) is 2.19. The van der Waals surface area contributed by atoms with Gasteiger partial charge in [0.05, 0.1) is 0 Å². The summed E-state index contributed by atoms with van der Waals surface area (Å²) in [7, 11) is 0. The van der Waals surface area contributed by atoms with Crippen molar-refractivity contribution in [2.24, 2.45) is 0 Å². The number of phenols is 1. The molecule has 2 rings (SSSR count). The zero-order chi connectivity index (χ0) is 12.1. The molecule has 0 aliphatic heterocycles. The third-order valence-corrected chi connectivity index (χ3v) is 4.98. The Labute approximate surface area is 111 Å². The molecule has 0 saturated carbocycles.